The summed E-state index contributed by atoms with van der Waals surface area (Å²) in [6.07, 6.45) is 5.42. The van der Waals surface area contributed by atoms with Gasteiger partial charge in [0.2, 0.25) is 0 Å². The van der Waals surface area contributed by atoms with E-state index in [4.69, 9.17) is 0 Å². The Kier molecular flexibility index (Phi) is 4.67. The van der Waals surface area contributed by atoms with Gasteiger partial charge in [-0.05, 0) is 51.4 Å². The highest BCUT2D eigenvalue weighted by Gasteiger charge is 2.33. The van der Waals surface area contributed by atoms with E-state index in [0.717, 1.165) is 37.1 Å². The second-order valence-electron chi connectivity index (χ2n) is 6.10. The van der Waals surface area contributed by atoms with Crippen LogP contribution in [0.2, 0.25) is 0 Å². The molecule has 1 aromatic carbocycles. The van der Waals surface area contributed by atoms with Crippen molar-refractivity contribution in [3.8, 4) is 11.8 Å². The molecule has 108 valence electrons. The molecule has 0 aromatic heterocycles. The Morgan fingerprint density at radius 2 is 1.90 bits per heavy atom. The van der Waals surface area contributed by atoms with Gasteiger partial charge in [-0.3, -0.25) is 4.90 Å². The molecule has 3 heteroatoms. The SMILES string of the molecule is Cc1ccc(O)c(CC(C)(C#N)N2CCCCCC2)c1. The van der Waals surface area contributed by atoms with Gasteiger partial charge in [-0.25, -0.2) is 0 Å². The second kappa shape index (κ2) is 6.28. The Bertz CT molecular complexity index is 498. The normalized spacial score (nSPS) is 19.9. The number of hydrogen-bond acceptors (Lipinski definition) is 3. The van der Waals surface area contributed by atoms with Crippen LogP contribution in [0.3, 0.4) is 0 Å². The zero-order valence-electron chi connectivity index (χ0n) is 12.5. The molecule has 1 N–H and O–H groups in total. The van der Waals surface area contributed by atoms with Gasteiger partial charge in [0, 0.05) is 6.42 Å². The van der Waals surface area contributed by atoms with Crippen molar-refractivity contribution in [1.29, 1.82) is 5.26 Å². The predicted molar refractivity (Wildman–Crippen MR) is 80.6 cm³/mol. The van der Waals surface area contributed by atoms with Crippen LogP contribution >= 0.6 is 0 Å². The Hall–Kier alpha value is -1.53. The van der Waals surface area contributed by atoms with E-state index in [2.05, 4.69) is 11.0 Å². The molecule has 0 aliphatic carbocycles. The summed E-state index contributed by atoms with van der Waals surface area (Å²) in [4.78, 5) is 2.29. The molecule has 0 radical (unpaired) electrons. The number of nitrogens with zero attached hydrogens (tertiary/aromatic N) is 2. The van der Waals surface area contributed by atoms with E-state index in [9.17, 15) is 10.4 Å². The lowest BCUT2D eigenvalue weighted by Gasteiger charge is -2.35. The molecule has 0 spiro atoms. The van der Waals surface area contributed by atoms with Crippen LogP contribution in [0.1, 0.15) is 43.7 Å². The summed E-state index contributed by atoms with van der Waals surface area (Å²) in [6, 6.07) is 8.10. The fourth-order valence-electron chi connectivity index (χ4n) is 3.01. The van der Waals surface area contributed by atoms with Crippen molar-refractivity contribution in [3.63, 3.8) is 0 Å². The number of rotatable bonds is 3. The zero-order chi connectivity index (χ0) is 14.6. The van der Waals surface area contributed by atoms with E-state index in [1.165, 1.54) is 12.8 Å². The van der Waals surface area contributed by atoms with Crippen LogP contribution < -0.4 is 0 Å². The molecule has 1 aliphatic rings. The third-order valence-electron chi connectivity index (χ3n) is 4.31. The number of nitriles is 1. The van der Waals surface area contributed by atoms with Gasteiger partial charge in [0.1, 0.15) is 11.3 Å². The maximum Gasteiger partial charge on any atom is 0.118 e. The maximum absolute atomic E-state index is 10.0. The molecule has 0 amide bonds. The maximum atomic E-state index is 10.0. The fraction of sp³-hybridized carbons (Fsp3) is 0.588. The van der Waals surface area contributed by atoms with E-state index in [-0.39, 0.29) is 0 Å². The smallest absolute Gasteiger partial charge is 0.118 e. The second-order valence-corrected chi connectivity index (χ2v) is 6.10. The fourth-order valence-corrected chi connectivity index (χ4v) is 3.01. The molecule has 1 heterocycles. The molecule has 1 aromatic rings. The van der Waals surface area contributed by atoms with Gasteiger partial charge in [0.15, 0.2) is 0 Å². The van der Waals surface area contributed by atoms with Crippen molar-refractivity contribution in [2.45, 2.75) is 51.5 Å². The topological polar surface area (TPSA) is 47.3 Å². The quantitative estimate of drug-likeness (QED) is 0.917. The molecule has 0 bridgehead atoms. The summed E-state index contributed by atoms with van der Waals surface area (Å²) in [7, 11) is 0. The minimum Gasteiger partial charge on any atom is -0.508 e. The molecule has 3 nitrogen and oxygen atoms in total. The van der Waals surface area contributed by atoms with E-state index < -0.39 is 5.54 Å². The number of aromatic hydroxyl groups is 1. The number of phenols is 1. The van der Waals surface area contributed by atoms with Crippen LogP contribution in [0.15, 0.2) is 18.2 Å². The van der Waals surface area contributed by atoms with Crippen molar-refractivity contribution in [1.82, 2.24) is 4.90 Å². The van der Waals surface area contributed by atoms with Crippen molar-refractivity contribution < 1.29 is 5.11 Å². The largest absolute Gasteiger partial charge is 0.508 e. The lowest BCUT2D eigenvalue weighted by Crippen LogP contribution is -2.47. The van der Waals surface area contributed by atoms with Crippen molar-refractivity contribution in [3.05, 3.63) is 29.3 Å². The van der Waals surface area contributed by atoms with Crippen LogP contribution in [0.25, 0.3) is 0 Å². The van der Waals surface area contributed by atoms with Crippen LogP contribution in [0, 0.1) is 18.3 Å². The van der Waals surface area contributed by atoms with Gasteiger partial charge < -0.3 is 5.11 Å². The van der Waals surface area contributed by atoms with Gasteiger partial charge in [0.05, 0.1) is 6.07 Å². The molecular formula is C17H24N2O. The van der Waals surface area contributed by atoms with E-state index in [1.54, 1.807) is 6.07 Å². The lowest BCUT2D eigenvalue weighted by atomic mass is 9.90. The first-order chi connectivity index (χ1) is 9.55. The van der Waals surface area contributed by atoms with Gasteiger partial charge in [-0.2, -0.15) is 5.26 Å². The number of benzene rings is 1. The van der Waals surface area contributed by atoms with Crippen molar-refractivity contribution in [2.24, 2.45) is 0 Å². The van der Waals surface area contributed by atoms with Crippen molar-refractivity contribution >= 4 is 0 Å². The van der Waals surface area contributed by atoms with E-state index >= 15 is 0 Å². The average Bonchev–Trinajstić information content (AvgIpc) is 2.72. The standard InChI is InChI=1S/C17H24N2O/c1-14-7-8-16(20)15(11-14)12-17(2,13-18)19-9-5-3-4-6-10-19/h7-8,11,20H,3-6,9-10,12H2,1-2H3. The number of aryl methyl sites for hydroxylation is 1. The Morgan fingerprint density at radius 1 is 1.25 bits per heavy atom. The van der Waals surface area contributed by atoms with Crippen LogP contribution in [0.5, 0.6) is 5.75 Å². The molecule has 1 fully saturated rings. The molecule has 20 heavy (non-hydrogen) atoms. The molecule has 1 saturated heterocycles. The van der Waals surface area contributed by atoms with Gasteiger partial charge in [-0.1, -0.05) is 30.5 Å². The Labute approximate surface area is 121 Å². The van der Waals surface area contributed by atoms with Crippen LogP contribution in [0.4, 0.5) is 0 Å². The van der Waals surface area contributed by atoms with Gasteiger partial charge in [-0.15, -0.1) is 0 Å². The molecule has 1 unspecified atom stereocenters. The predicted octanol–water partition coefficient (Wildman–Crippen LogP) is 3.40. The minimum atomic E-state index is -0.532. The summed E-state index contributed by atoms with van der Waals surface area (Å²) in [5.74, 6) is 0.298. The molecule has 0 saturated carbocycles. The summed E-state index contributed by atoms with van der Waals surface area (Å²) < 4.78 is 0. The van der Waals surface area contributed by atoms with Crippen molar-refractivity contribution in [2.75, 3.05) is 13.1 Å². The molecule has 2 rings (SSSR count). The Balaban J connectivity index is 2.22. The van der Waals surface area contributed by atoms with Crippen LogP contribution in [-0.2, 0) is 6.42 Å². The summed E-state index contributed by atoms with van der Waals surface area (Å²) in [5, 5.41) is 19.7. The lowest BCUT2D eigenvalue weighted by molar-refractivity contribution is 0.156. The first-order valence-corrected chi connectivity index (χ1v) is 7.50. The number of phenolic OH excluding ortho intramolecular Hbond substituents is 1. The highest BCUT2D eigenvalue weighted by atomic mass is 16.3. The Morgan fingerprint density at radius 3 is 2.50 bits per heavy atom. The van der Waals surface area contributed by atoms with Crippen LogP contribution in [-0.4, -0.2) is 28.6 Å². The number of hydrogen-bond donors (Lipinski definition) is 1. The summed E-state index contributed by atoms with van der Waals surface area (Å²) in [6.45, 7) is 5.98. The molecule has 1 aliphatic heterocycles. The first kappa shape index (κ1) is 14.9. The zero-order valence-corrected chi connectivity index (χ0v) is 12.5. The number of likely N-dealkylation sites (tertiary alicyclic amines) is 1. The highest BCUT2D eigenvalue weighted by Crippen LogP contribution is 2.28. The monoisotopic (exact) mass is 272 g/mol. The average molecular weight is 272 g/mol. The minimum absolute atomic E-state index is 0.298. The highest BCUT2D eigenvalue weighted by molar-refractivity contribution is 5.38. The first-order valence-electron chi connectivity index (χ1n) is 7.50. The van der Waals surface area contributed by atoms with Gasteiger partial charge in [0.25, 0.3) is 0 Å². The third kappa shape index (κ3) is 3.32. The molecular weight excluding hydrogens is 248 g/mol. The third-order valence-corrected chi connectivity index (χ3v) is 4.31. The van der Waals surface area contributed by atoms with E-state index in [1.807, 2.05) is 26.0 Å². The summed E-state index contributed by atoms with van der Waals surface area (Å²) in [5.41, 5.74) is 1.46. The van der Waals surface area contributed by atoms with Gasteiger partial charge >= 0.3 is 0 Å². The van der Waals surface area contributed by atoms with E-state index in [0.29, 0.717) is 12.2 Å². The summed E-state index contributed by atoms with van der Waals surface area (Å²) >= 11 is 0. The molecule has 1 atom stereocenters.